The Hall–Kier alpha value is -3.33. The predicted molar refractivity (Wildman–Crippen MR) is 139 cm³/mol. The molecule has 5 rings (SSSR count). The lowest BCUT2D eigenvalue weighted by Crippen LogP contribution is -2.53. The van der Waals surface area contributed by atoms with E-state index in [0.717, 1.165) is 31.6 Å². The summed E-state index contributed by atoms with van der Waals surface area (Å²) in [4.78, 5) is 17.6. The first-order chi connectivity index (χ1) is 17.6. The Morgan fingerprint density at radius 3 is 2.36 bits per heavy atom. The molecule has 0 aromatic heterocycles. The first-order valence-corrected chi connectivity index (χ1v) is 12.4. The van der Waals surface area contributed by atoms with Crippen LogP contribution < -0.4 is 25.1 Å². The van der Waals surface area contributed by atoms with Crippen LogP contribution >= 0.6 is 0 Å². The first-order valence-electron chi connectivity index (χ1n) is 12.4. The van der Waals surface area contributed by atoms with Gasteiger partial charge in [0.15, 0.2) is 11.5 Å². The second kappa shape index (κ2) is 10.7. The minimum Gasteiger partial charge on any atom is -0.493 e. The van der Waals surface area contributed by atoms with Gasteiger partial charge in [-0.2, -0.15) is 0 Å². The topological polar surface area (TPSA) is 75.3 Å². The largest absolute Gasteiger partial charge is 0.493 e. The number of ether oxygens (including phenoxy) is 3. The molecule has 8 heteroatoms. The molecule has 0 aliphatic carbocycles. The fraction of sp³-hybridized carbons (Fsp3) is 0.393. The molecular formula is C28H34N4O4. The lowest BCUT2D eigenvalue weighted by Gasteiger charge is -2.36. The van der Waals surface area contributed by atoms with E-state index < -0.39 is 0 Å². The Morgan fingerprint density at radius 1 is 0.861 bits per heavy atom. The van der Waals surface area contributed by atoms with Crippen LogP contribution in [-0.2, 0) is 11.3 Å². The third-order valence-corrected chi connectivity index (χ3v) is 7.26. The summed E-state index contributed by atoms with van der Waals surface area (Å²) >= 11 is 0. The molecule has 2 heterocycles. The monoisotopic (exact) mass is 490 g/mol. The highest BCUT2D eigenvalue weighted by atomic mass is 16.5. The molecular weight excluding hydrogens is 456 g/mol. The number of fused-ring (bicyclic) bond motifs is 1. The Bertz CT molecular complexity index is 1220. The van der Waals surface area contributed by atoms with Gasteiger partial charge in [0.05, 0.1) is 21.3 Å². The Morgan fingerprint density at radius 2 is 1.61 bits per heavy atom. The summed E-state index contributed by atoms with van der Waals surface area (Å²) in [6.45, 7) is 3.72. The lowest BCUT2D eigenvalue weighted by molar-refractivity contribution is -0.135. The van der Waals surface area contributed by atoms with E-state index in [1.165, 1.54) is 16.3 Å². The number of rotatable bonds is 7. The number of nitrogens with zero attached hydrogens (tertiary/aromatic N) is 2. The Balaban J connectivity index is 1.19. The molecule has 3 aromatic rings. The van der Waals surface area contributed by atoms with Gasteiger partial charge < -0.3 is 19.1 Å². The zero-order valence-corrected chi connectivity index (χ0v) is 21.1. The zero-order chi connectivity index (χ0) is 25.1. The first kappa shape index (κ1) is 24.4. The molecule has 2 aliphatic rings. The summed E-state index contributed by atoms with van der Waals surface area (Å²) in [6.07, 6.45) is 0.732. The number of methoxy groups -OCH3 is 3. The zero-order valence-electron chi connectivity index (χ0n) is 21.1. The molecule has 2 fully saturated rings. The van der Waals surface area contributed by atoms with Crippen molar-refractivity contribution in [2.75, 3.05) is 47.5 Å². The summed E-state index contributed by atoms with van der Waals surface area (Å²) in [5, 5.41) is 2.44. The van der Waals surface area contributed by atoms with Gasteiger partial charge in [-0.15, -0.1) is 0 Å². The van der Waals surface area contributed by atoms with Crippen molar-refractivity contribution in [2.45, 2.75) is 25.0 Å². The predicted octanol–water partition coefficient (Wildman–Crippen LogP) is 3.12. The van der Waals surface area contributed by atoms with Crippen LogP contribution in [0.4, 0.5) is 0 Å². The van der Waals surface area contributed by atoms with Gasteiger partial charge in [-0.3, -0.25) is 9.69 Å². The summed E-state index contributed by atoms with van der Waals surface area (Å²) in [5.41, 5.74) is 8.89. The molecule has 190 valence electrons. The second-order valence-electron chi connectivity index (χ2n) is 9.29. The molecule has 0 radical (unpaired) electrons. The molecule has 2 aliphatic heterocycles. The molecule has 8 nitrogen and oxygen atoms in total. The van der Waals surface area contributed by atoms with Crippen molar-refractivity contribution >= 4 is 16.7 Å². The van der Waals surface area contributed by atoms with E-state index in [4.69, 9.17) is 14.2 Å². The minimum absolute atomic E-state index is 0.101. The number of hydrogen-bond acceptors (Lipinski definition) is 7. The quantitative estimate of drug-likeness (QED) is 0.527. The van der Waals surface area contributed by atoms with Crippen LogP contribution in [0.25, 0.3) is 10.8 Å². The number of hydrogen-bond donors (Lipinski definition) is 2. The third kappa shape index (κ3) is 4.72. The van der Waals surface area contributed by atoms with Gasteiger partial charge in [-0.1, -0.05) is 48.5 Å². The van der Waals surface area contributed by atoms with Gasteiger partial charge in [0.2, 0.25) is 11.7 Å². The number of carbonyl (C=O) groups is 1. The van der Waals surface area contributed by atoms with Crippen LogP contribution in [0, 0.1) is 0 Å². The van der Waals surface area contributed by atoms with Gasteiger partial charge in [0.1, 0.15) is 6.04 Å². The fourth-order valence-corrected chi connectivity index (χ4v) is 5.35. The van der Waals surface area contributed by atoms with E-state index in [1.54, 1.807) is 21.3 Å². The van der Waals surface area contributed by atoms with Crippen LogP contribution in [-0.4, -0.2) is 69.3 Å². The van der Waals surface area contributed by atoms with Gasteiger partial charge in [-0.25, -0.2) is 10.9 Å². The van der Waals surface area contributed by atoms with Crippen LogP contribution in [0.5, 0.6) is 17.2 Å². The van der Waals surface area contributed by atoms with Crippen molar-refractivity contribution in [1.29, 1.82) is 0 Å². The number of hydrazine groups is 1. The highest BCUT2D eigenvalue weighted by Gasteiger charge is 2.34. The number of benzene rings is 3. The summed E-state index contributed by atoms with van der Waals surface area (Å²) in [5.74, 6) is 2.10. The SMILES string of the molecule is COc1ccc(CN2CCN(C(=O)C3CC(c4cccc5ccccc45)NN3)CC2)c(OC)c1OC. The average Bonchev–Trinajstić information content (AvgIpc) is 3.42. The molecule has 1 amide bonds. The smallest absolute Gasteiger partial charge is 0.241 e. The highest BCUT2D eigenvalue weighted by Crippen LogP contribution is 2.40. The van der Waals surface area contributed by atoms with Crippen LogP contribution in [0.1, 0.15) is 23.6 Å². The Kier molecular flexibility index (Phi) is 7.27. The number of nitrogens with one attached hydrogen (secondary N) is 2. The van der Waals surface area contributed by atoms with Crippen molar-refractivity contribution < 1.29 is 19.0 Å². The van der Waals surface area contributed by atoms with Crippen molar-refractivity contribution in [3.63, 3.8) is 0 Å². The van der Waals surface area contributed by atoms with Gasteiger partial charge in [0, 0.05) is 44.3 Å². The van der Waals surface area contributed by atoms with E-state index in [0.29, 0.717) is 30.3 Å². The molecule has 3 aromatic carbocycles. The molecule has 2 N–H and O–H groups in total. The molecule has 2 atom stereocenters. The van der Waals surface area contributed by atoms with E-state index in [2.05, 4.69) is 58.2 Å². The maximum Gasteiger partial charge on any atom is 0.241 e. The Labute approximate surface area is 212 Å². The van der Waals surface area contributed by atoms with E-state index in [1.807, 2.05) is 17.0 Å². The van der Waals surface area contributed by atoms with Crippen molar-refractivity contribution in [1.82, 2.24) is 20.7 Å². The van der Waals surface area contributed by atoms with Gasteiger partial charge in [0.25, 0.3) is 0 Å². The normalized spacial score (nSPS) is 20.5. The molecule has 0 spiro atoms. The van der Waals surface area contributed by atoms with Gasteiger partial charge in [-0.05, 0) is 28.8 Å². The van der Waals surface area contributed by atoms with Crippen molar-refractivity contribution in [2.24, 2.45) is 0 Å². The number of carbonyl (C=O) groups excluding carboxylic acids is 1. The molecule has 0 saturated carbocycles. The molecule has 2 unspecified atom stereocenters. The summed E-state index contributed by atoms with van der Waals surface area (Å²) < 4.78 is 16.6. The third-order valence-electron chi connectivity index (χ3n) is 7.26. The number of piperazine rings is 1. The van der Waals surface area contributed by atoms with Crippen molar-refractivity contribution in [3.8, 4) is 17.2 Å². The van der Waals surface area contributed by atoms with E-state index >= 15 is 0 Å². The molecule has 36 heavy (non-hydrogen) atoms. The molecule has 0 bridgehead atoms. The summed E-state index contributed by atoms with van der Waals surface area (Å²) in [6, 6.07) is 18.5. The fourth-order valence-electron chi connectivity index (χ4n) is 5.35. The lowest BCUT2D eigenvalue weighted by atomic mass is 9.96. The second-order valence-corrected chi connectivity index (χ2v) is 9.29. The summed E-state index contributed by atoms with van der Waals surface area (Å²) in [7, 11) is 4.88. The molecule has 2 saturated heterocycles. The van der Waals surface area contributed by atoms with E-state index in [-0.39, 0.29) is 18.0 Å². The highest BCUT2D eigenvalue weighted by molar-refractivity contribution is 5.87. The number of amides is 1. The maximum atomic E-state index is 13.3. The average molecular weight is 491 g/mol. The van der Waals surface area contributed by atoms with Gasteiger partial charge >= 0.3 is 0 Å². The minimum atomic E-state index is -0.230. The maximum absolute atomic E-state index is 13.3. The van der Waals surface area contributed by atoms with E-state index in [9.17, 15) is 4.79 Å². The van der Waals surface area contributed by atoms with Crippen LogP contribution in [0.2, 0.25) is 0 Å². The van der Waals surface area contributed by atoms with Crippen LogP contribution in [0.15, 0.2) is 54.6 Å². The standard InChI is InChI=1S/C28H34N4O4/c1-34-25-12-11-20(26(35-2)27(25)36-3)18-31-13-15-32(16-14-31)28(33)24-17-23(29-30-24)22-10-6-8-19-7-4-5-9-21(19)22/h4-12,23-24,29-30H,13-18H2,1-3H3. The van der Waals surface area contributed by atoms with Crippen LogP contribution in [0.3, 0.4) is 0 Å². The van der Waals surface area contributed by atoms with Crippen molar-refractivity contribution in [3.05, 3.63) is 65.7 Å².